The zero-order valence-corrected chi connectivity index (χ0v) is 12.9. The van der Waals surface area contributed by atoms with Crippen LogP contribution in [0.3, 0.4) is 0 Å². The average Bonchev–Trinajstić information content (AvgIpc) is 2.23. The first-order valence-corrected chi connectivity index (χ1v) is 6.98. The van der Waals surface area contributed by atoms with E-state index in [9.17, 15) is 0 Å². The Bertz CT molecular complexity index is 368. The van der Waals surface area contributed by atoms with Crippen LogP contribution in [0.4, 0.5) is 0 Å². The molecule has 0 fully saturated rings. The first-order valence-electron chi connectivity index (χ1n) is 5.81. The highest BCUT2D eigenvalue weighted by molar-refractivity contribution is 9.10. The molecule has 2 nitrogen and oxygen atoms in total. The molecule has 0 spiro atoms. The molecule has 1 unspecified atom stereocenters. The van der Waals surface area contributed by atoms with Crippen LogP contribution < -0.4 is 5.73 Å². The van der Waals surface area contributed by atoms with E-state index in [1.54, 1.807) is 0 Å². The van der Waals surface area contributed by atoms with Gasteiger partial charge in [0.2, 0.25) is 0 Å². The summed E-state index contributed by atoms with van der Waals surface area (Å²) in [6, 6.07) is 6.08. The second-order valence-corrected chi connectivity index (χ2v) is 6.07. The van der Waals surface area contributed by atoms with Crippen molar-refractivity contribution in [2.24, 2.45) is 11.7 Å². The van der Waals surface area contributed by atoms with Gasteiger partial charge in [-0.3, -0.25) is 4.90 Å². The van der Waals surface area contributed by atoms with Crippen LogP contribution in [-0.4, -0.2) is 25.0 Å². The Hall–Kier alpha value is -0.0900. The van der Waals surface area contributed by atoms with Gasteiger partial charge in [0, 0.05) is 28.6 Å². The van der Waals surface area contributed by atoms with E-state index in [2.05, 4.69) is 47.8 Å². The molecule has 1 aromatic rings. The number of likely N-dealkylation sites (N-methyl/N-ethyl adjacent to an activating group) is 1. The summed E-state index contributed by atoms with van der Waals surface area (Å²) in [4.78, 5) is 2.26. The van der Waals surface area contributed by atoms with Gasteiger partial charge < -0.3 is 5.73 Å². The van der Waals surface area contributed by atoms with Gasteiger partial charge in [0.25, 0.3) is 0 Å². The molecule has 0 saturated heterocycles. The second-order valence-electron chi connectivity index (χ2n) is 4.75. The van der Waals surface area contributed by atoms with Gasteiger partial charge in [-0.05, 0) is 36.7 Å². The van der Waals surface area contributed by atoms with E-state index in [4.69, 9.17) is 17.3 Å². The first-order chi connectivity index (χ1) is 7.95. The van der Waals surface area contributed by atoms with Gasteiger partial charge in [-0.25, -0.2) is 0 Å². The Balaban J connectivity index is 2.96. The van der Waals surface area contributed by atoms with Crippen molar-refractivity contribution in [2.75, 3.05) is 20.1 Å². The number of hydrogen-bond donors (Lipinski definition) is 1. The van der Waals surface area contributed by atoms with Crippen molar-refractivity contribution < 1.29 is 0 Å². The lowest BCUT2D eigenvalue weighted by Gasteiger charge is -2.29. The Morgan fingerprint density at radius 1 is 1.41 bits per heavy atom. The van der Waals surface area contributed by atoms with Crippen LogP contribution in [0.1, 0.15) is 25.5 Å². The number of rotatable bonds is 5. The molecule has 1 atom stereocenters. The fourth-order valence-corrected chi connectivity index (χ4v) is 2.64. The number of hydrogen-bond acceptors (Lipinski definition) is 2. The van der Waals surface area contributed by atoms with Crippen molar-refractivity contribution in [2.45, 2.75) is 19.9 Å². The molecule has 0 aliphatic carbocycles. The molecular weight excluding hydrogens is 300 g/mol. The minimum Gasteiger partial charge on any atom is -0.329 e. The summed E-state index contributed by atoms with van der Waals surface area (Å²) in [5.74, 6) is 0.611. The maximum Gasteiger partial charge on any atom is 0.0482 e. The maximum atomic E-state index is 6.25. The van der Waals surface area contributed by atoms with Gasteiger partial charge in [-0.15, -0.1) is 0 Å². The summed E-state index contributed by atoms with van der Waals surface area (Å²) in [5, 5.41) is 0.777. The van der Waals surface area contributed by atoms with Gasteiger partial charge in [0.05, 0.1) is 0 Å². The molecule has 0 bridgehead atoms. The van der Waals surface area contributed by atoms with E-state index in [-0.39, 0.29) is 6.04 Å². The summed E-state index contributed by atoms with van der Waals surface area (Å²) in [7, 11) is 2.09. The molecule has 1 aromatic carbocycles. The molecule has 2 N–H and O–H groups in total. The zero-order valence-electron chi connectivity index (χ0n) is 10.6. The summed E-state index contributed by atoms with van der Waals surface area (Å²) in [6.07, 6.45) is 0. The molecule has 0 radical (unpaired) electrons. The highest BCUT2D eigenvalue weighted by atomic mass is 79.9. The molecule has 0 aliphatic heterocycles. The normalized spacial score (nSPS) is 13.4. The predicted octanol–water partition coefficient (Wildman–Crippen LogP) is 3.69. The molecule has 96 valence electrons. The zero-order chi connectivity index (χ0) is 13.0. The summed E-state index contributed by atoms with van der Waals surface area (Å²) < 4.78 is 1.04. The summed E-state index contributed by atoms with van der Waals surface area (Å²) in [6.45, 7) is 5.98. The van der Waals surface area contributed by atoms with E-state index in [1.807, 2.05) is 12.1 Å². The molecule has 0 heterocycles. The van der Waals surface area contributed by atoms with Gasteiger partial charge in [-0.2, -0.15) is 0 Å². The number of benzene rings is 1. The Morgan fingerprint density at radius 2 is 2.06 bits per heavy atom. The predicted molar refractivity (Wildman–Crippen MR) is 78.4 cm³/mol. The van der Waals surface area contributed by atoms with Crippen molar-refractivity contribution in [3.63, 3.8) is 0 Å². The first kappa shape index (κ1) is 15.0. The number of nitrogens with two attached hydrogens (primary N) is 1. The van der Waals surface area contributed by atoms with E-state index < -0.39 is 0 Å². The number of halogens is 2. The minimum atomic E-state index is 0.169. The molecule has 0 saturated carbocycles. The SMILES string of the molecule is CC(C)CN(C)C(CN)c1cc(Br)ccc1Cl. The lowest BCUT2D eigenvalue weighted by molar-refractivity contribution is 0.224. The molecule has 0 amide bonds. The van der Waals surface area contributed by atoms with Crippen molar-refractivity contribution in [3.05, 3.63) is 33.3 Å². The van der Waals surface area contributed by atoms with E-state index in [0.29, 0.717) is 12.5 Å². The Labute approximate surface area is 117 Å². The van der Waals surface area contributed by atoms with Crippen molar-refractivity contribution in [1.29, 1.82) is 0 Å². The Kier molecular flexibility index (Phi) is 5.93. The average molecular weight is 320 g/mol. The van der Waals surface area contributed by atoms with Crippen molar-refractivity contribution >= 4 is 27.5 Å². The molecule has 0 aromatic heterocycles. The van der Waals surface area contributed by atoms with E-state index in [0.717, 1.165) is 21.6 Å². The van der Waals surface area contributed by atoms with Crippen LogP contribution in [0.5, 0.6) is 0 Å². The van der Waals surface area contributed by atoms with Gasteiger partial charge >= 0.3 is 0 Å². The largest absolute Gasteiger partial charge is 0.329 e. The summed E-state index contributed by atoms with van der Waals surface area (Å²) in [5.41, 5.74) is 6.97. The molecule has 0 aliphatic rings. The van der Waals surface area contributed by atoms with Crippen molar-refractivity contribution in [1.82, 2.24) is 4.90 Å². The van der Waals surface area contributed by atoms with Crippen LogP contribution in [0.15, 0.2) is 22.7 Å². The maximum absolute atomic E-state index is 6.25. The monoisotopic (exact) mass is 318 g/mol. The lowest BCUT2D eigenvalue weighted by atomic mass is 10.0. The standard InChI is InChI=1S/C13H20BrClN2/c1-9(2)8-17(3)13(7-16)11-6-10(14)4-5-12(11)15/h4-6,9,13H,7-8,16H2,1-3H3. The van der Waals surface area contributed by atoms with Gasteiger partial charge in [-0.1, -0.05) is 41.4 Å². The number of nitrogens with zero attached hydrogens (tertiary/aromatic N) is 1. The Morgan fingerprint density at radius 3 is 2.59 bits per heavy atom. The highest BCUT2D eigenvalue weighted by Crippen LogP contribution is 2.29. The fraction of sp³-hybridized carbons (Fsp3) is 0.538. The van der Waals surface area contributed by atoms with Gasteiger partial charge in [0.15, 0.2) is 0 Å². The molecule has 1 rings (SSSR count). The topological polar surface area (TPSA) is 29.3 Å². The third kappa shape index (κ3) is 4.25. The lowest BCUT2D eigenvalue weighted by Crippen LogP contribution is -2.33. The van der Waals surface area contributed by atoms with Gasteiger partial charge in [0.1, 0.15) is 0 Å². The molecular formula is C13H20BrClN2. The van der Waals surface area contributed by atoms with Crippen molar-refractivity contribution in [3.8, 4) is 0 Å². The third-order valence-corrected chi connectivity index (χ3v) is 3.56. The molecule has 4 heteroatoms. The van der Waals surface area contributed by atoms with Crippen LogP contribution in [0, 0.1) is 5.92 Å². The summed E-state index contributed by atoms with van der Waals surface area (Å²) >= 11 is 9.72. The van der Waals surface area contributed by atoms with Crippen LogP contribution >= 0.6 is 27.5 Å². The highest BCUT2D eigenvalue weighted by Gasteiger charge is 2.19. The second kappa shape index (κ2) is 6.74. The van der Waals surface area contributed by atoms with Crippen LogP contribution in [-0.2, 0) is 0 Å². The quantitative estimate of drug-likeness (QED) is 0.897. The smallest absolute Gasteiger partial charge is 0.0482 e. The fourth-order valence-electron chi connectivity index (χ4n) is 2.02. The van der Waals surface area contributed by atoms with Crippen LogP contribution in [0.2, 0.25) is 5.02 Å². The van der Waals surface area contributed by atoms with E-state index >= 15 is 0 Å². The van der Waals surface area contributed by atoms with Crippen LogP contribution in [0.25, 0.3) is 0 Å². The third-order valence-electron chi connectivity index (χ3n) is 2.73. The minimum absolute atomic E-state index is 0.169. The van der Waals surface area contributed by atoms with E-state index in [1.165, 1.54) is 0 Å². The molecule has 17 heavy (non-hydrogen) atoms.